The highest BCUT2D eigenvalue weighted by Gasteiger charge is 2.53. The van der Waals surface area contributed by atoms with E-state index in [1.54, 1.807) is 6.08 Å². The Morgan fingerprint density at radius 3 is 1.89 bits per heavy atom. The first-order valence-corrected chi connectivity index (χ1v) is 17.5. The molecule has 0 aromatic heterocycles. The van der Waals surface area contributed by atoms with Crippen LogP contribution in [0.1, 0.15) is 49.4 Å². The van der Waals surface area contributed by atoms with Crippen LogP contribution in [0.2, 0.25) is 0 Å². The number of hydrogen-bond donors (Lipinski definition) is 1. The van der Waals surface area contributed by atoms with Crippen LogP contribution in [-0.4, -0.2) is 45.5 Å². The van der Waals surface area contributed by atoms with Gasteiger partial charge >= 0.3 is 5.97 Å². The number of carbonyl (C=O) groups is 1. The zero-order valence-electron chi connectivity index (χ0n) is 27.4. The summed E-state index contributed by atoms with van der Waals surface area (Å²) in [6, 6.07) is 34.8. The molecule has 0 heterocycles. The van der Waals surface area contributed by atoms with Crippen LogP contribution in [0.5, 0.6) is 0 Å². The number of benzene rings is 4. The minimum absolute atomic E-state index is 0.0332. The molecule has 1 aliphatic rings. The summed E-state index contributed by atoms with van der Waals surface area (Å²) in [7, 11) is -3.91. The third-order valence-corrected chi connectivity index (χ3v) is 8.93. The number of nitrogens with one attached hydrogen (secondary N) is 1. The maximum atomic E-state index is 14.6. The molecule has 4 aromatic carbocycles. The molecule has 0 saturated heterocycles. The van der Waals surface area contributed by atoms with E-state index in [0.29, 0.717) is 0 Å². The van der Waals surface area contributed by atoms with E-state index in [1.807, 2.05) is 106 Å². The highest BCUT2D eigenvalue weighted by Crippen LogP contribution is 2.52. The Kier molecular flexibility index (Phi) is 10.2. The Morgan fingerprint density at radius 1 is 0.830 bits per heavy atom. The van der Waals surface area contributed by atoms with Crippen molar-refractivity contribution < 1.29 is 26.9 Å². The monoisotopic (exact) mass is 653 g/mol. The number of esters is 1. The van der Waals surface area contributed by atoms with Crippen molar-refractivity contribution in [1.82, 2.24) is 5.32 Å². The summed E-state index contributed by atoms with van der Waals surface area (Å²) in [5.41, 5.74) is 2.70. The highest BCUT2D eigenvalue weighted by atomic mass is 32.2. The molecule has 4 aromatic rings. The summed E-state index contributed by atoms with van der Waals surface area (Å²) in [5, 5.41) is 3.81. The van der Waals surface area contributed by atoms with Crippen LogP contribution in [0.15, 0.2) is 122 Å². The molecular formula is C39H43NO6S. The van der Waals surface area contributed by atoms with Crippen molar-refractivity contribution in [1.29, 1.82) is 0 Å². The van der Waals surface area contributed by atoms with Gasteiger partial charge in [-0.05, 0) is 60.6 Å². The molecule has 0 spiro atoms. The van der Waals surface area contributed by atoms with Crippen molar-refractivity contribution in [3.63, 3.8) is 0 Å². The second-order valence-corrected chi connectivity index (χ2v) is 14.8. The number of allylic oxidation sites excluding steroid dienone is 1. The summed E-state index contributed by atoms with van der Waals surface area (Å²) < 4.78 is 43.1. The molecular weight excluding hydrogens is 610 g/mol. The number of hydrogen-bond acceptors (Lipinski definition) is 7. The van der Waals surface area contributed by atoms with Gasteiger partial charge in [-0.2, -0.15) is 8.42 Å². The Labute approximate surface area is 278 Å². The highest BCUT2D eigenvalue weighted by molar-refractivity contribution is 7.85. The first kappa shape index (κ1) is 34.3. The molecule has 1 unspecified atom stereocenters. The van der Waals surface area contributed by atoms with Gasteiger partial charge in [0.25, 0.3) is 10.1 Å². The van der Waals surface area contributed by atoms with E-state index >= 15 is 0 Å². The van der Waals surface area contributed by atoms with Crippen LogP contribution in [0.25, 0.3) is 11.1 Å². The van der Waals surface area contributed by atoms with Crippen LogP contribution in [0.4, 0.5) is 0 Å². The topological polar surface area (TPSA) is 90.9 Å². The number of carbonyl (C=O) groups excluding carboxylic acids is 1. The predicted octanol–water partition coefficient (Wildman–Crippen LogP) is 7.01. The van der Waals surface area contributed by atoms with Crippen molar-refractivity contribution in [3.05, 3.63) is 144 Å². The van der Waals surface area contributed by atoms with Crippen LogP contribution >= 0.6 is 0 Å². The van der Waals surface area contributed by atoms with Gasteiger partial charge < -0.3 is 9.47 Å². The van der Waals surface area contributed by atoms with E-state index in [4.69, 9.17) is 13.7 Å². The van der Waals surface area contributed by atoms with Gasteiger partial charge in [0.2, 0.25) is 0 Å². The average Bonchev–Trinajstić information content (AvgIpc) is 3.33. The summed E-state index contributed by atoms with van der Waals surface area (Å²) in [4.78, 5) is 14.6. The zero-order valence-corrected chi connectivity index (χ0v) is 28.3. The van der Waals surface area contributed by atoms with Crippen LogP contribution in [0.3, 0.4) is 0 Å². The van der Waals surface area contributed by atoms with E-state index in [-0.39, 0.29) is 26.2 Å². The number of fused-ring (bicyclic) bond motifs is 3. The second kappa shape index (κ2) is 14.0. The lowest BCUT2D eigenvalue weighted by atomic mass is 9.74. The van der Waals surface area contributed by atoms with Crippen molar-refractivity contribution in [2.24, 2.45) is 5.41 Å². The fourth-order valence-corrected chi connectivity index (χ4v) is 6.86. The lowest BCUT2D eigenvalue weighted by Crippen LogP contribution is -2.62. The normalized spacial score (nSPS) is 15.6. The SMILES string of the molecule is C=CCC(COCc1ccccc1)(COS(C)(=O)=O)[C@H](NC1(c2ccccc2)c2ccccc2-c2ccccc21)C(=O)OC(C)(C)C. The van der Waals surface area contributed by atoms with Crippen LogP contribution < -0.4 is 5.32 Å². The van der Waals surface area contributed by atoms with Gasteiger partial charge in [0.1, 0.15) is 11.6 Å². The minimum atomic E-state index is -3.91. The van der Waals surface area contributed by atoms with Gasteiger partial charge in [-0.3, -0.25) is 14.3 Å². The van der Waals surface area contributed by atoms with Gasteiger partial charge in [-0.25, -0.2) is 0 Å². The molecule has 7 nitrogen and oxygen atoms in total. The Balaban J connectivity index is 1.73. The second-order valence-electron chi connectivity index (χ2n) is 13.1. The quantitative estimate of drug-likeness (QED) is 0.0889. The van der Waals surface area contributed by atoms with Gasteiger partial charge in [-0.1, -0.05) is 115 Å². The first-order chi connectivity index (χ1) is 22.4. The van der Waals surface area contributed by atoms with Crippen LogP contribution in [-0.2, 0) is 40.7 Å². The van der Waals surface area contributed by atoms with Crippen molar-refractivity contribution in [2.45, 2.75) is 51.0 Å². The van der Waals surface area contributed by atoms with E-state index in [1.165, 1.54) is 0 Å². The first-order valence-electron chi connectivity index (χ1n) is 15.7. The zero-order chi connectivity index (χ0) is 33.7. The Bertz CT molecular complexity index is 1750. The molecule has 246 valence electrons. The molecule has 0 fully saturated rings. The van der Waals surface area contributed by atoms with E-state index in [9.17, 15) is 13.2 Å². The standard InChI is InChI=1S/C39H43NO6S/c1-6-25-38(28-45-47(5,42)43,27-44-26-29-17-9-7-10-18-29)35(36(41)46-37(2,3)4)40-39(30-19-11-8-12-20-30)33-23-15-13-21-31(33)32-22-14-16-24-34(32)39/h6-24,35,40H,1,25-28H2,2-5H3/t35-,38?/m1/s1. The molecule has 47 heavy (non-hydrogen) atoms. The van der Waals surface area contributed by atoms with E-state index in [0.717, 1.165) is 39.6 Å². The van der Waals surface area contributed by atoms with E-state index < -0.39 is 38.7 Å². The molecule has 0 radical (unpaired) electrons. The number of rotatable bonds is 14. The average molecular weight is 654 g/mol. The molecule has 0 amide bonds. The van der Waals surface area contributed by atoms with Crippen LogP contribution in [0, 0.1) is 5.41 Å². The van der Waals surface area contributed by atoms with Gasteiger partial charge in [0, 0.05) is 5.41 Å². The Hall–Kier alpha value is -4.08. The summed E-state index contributed by atoms with van der Waals surface area (Å²) >= 11 is 0. The van der Waals surface area contributed by atoms with E-state index in [2.05, 4.69) is 36.2 Å². The predicted molar refractivity (Wildman–Crippen MR) is 185 cm³/mol. The van der Waals surface area contributed by atoms with Gasteiger partial charge in [0.05, 0.1) is 31.6 Å². The molecule has 0 aliphatic heterocycles. The number of ether oxygens (including phenoxy) is 2. The van der Waals surface area contributed by atoms with Crippen molar-refractivity contribution in [2.75, 3.05) is 19.5 Å². The largest absolute Gasteiger partial charge is 0.459 e. The molecule has 1 N–H and O–H groups in total. The molecule has 0 bridgehead atoms. The smallest absolute Gasteiger partial charge is 0.324 e. The lowest BCUT2D eigenvalue weighted by molar-refractivity contribution is -0.165. The minimum Gasteiger partial charge on any atom is -0.459 e. The lowest BCUT2D eigenvalue weighted by Gasteiger charge is -2.45. The molecule has 2 atom stereocenters. The molecule has 1 aliphatic carbocycles. The van der Waals surface area contributed by atoms with Gasteiger partial charge in [-0.15, -0.1) is 6.58 Å². The maximum absolute atomic E-state index is 14.6. The summed E-state index contributed by atoms with van der Waals surface area (Å²) in [6.45, 7) is 9.30. The Morgan fingerprint density at radius 2 is 1.36 bits per heavy atom. The third-order valence-electron chi connectivity index (χ3n) is 8.39. The summed E-state index contributed by atoms with van der Waals surface area (Å²) in [6.07, 6.45) is 2.85. The fraction of sp³-hybridized carbons (Fsp3) is 0.308. The maximum Gasteiger partial charge on any atom is 0.324 e. The fourth-order valence-electron chi connectivity index (χ4n) is 6.41. The van der Waals surface area contributed by atoms with Crippen molar-refractivity contribution >= 4 is 16.1 Å². The molecule has 8 heteroatoms. The third kappa shape index (κ3) is 7.57. The van der Waals surface area contributed by atoms with Gasteiger partial charge in [0.15, 0.2) is 0 Å². The van der Waals surface area contributed by atoms with Crippen molar-refractivity contribution in [3.8, 4) is 11.1 Å². The summed E-state index contributed by atoms with van der Waals surface area (Å²) in [5.74, 6) is -0.558. The molecule has 0 saturated carbocycles. The molecule has 5 rings (SSSR count).